The normalized spacial score (nSPS) is 22.2. The van der Waals surface area contributed by atoms with Gasteiger partial charge < -0.3 is 34.3 Å². The SMILES string of the molecule is CC/C=C\C/C=C\C/C=C\C/C=C\C/C=C\CCCCCC(=O)OC(COCCCCCCCC)COC1OC(CO)C(O)C(OS(=O)(=O)O)C1O. The molecule has 1 rings (SSSR count). The number of ether oxygens (including phenoxy) is 4. The van der Waals surface area contributed by atoms with Crippen LogP contribution in [0.5, 0.6) is 0 Å². The van der Waals surface area contributed by atoms with Gasteiger partial charge in [0, 0.05) is 13.0 Å². The molecule has 1 aliphatic heterocycles. The van der Waals surface area contributed by atoms with Crippen molar-refractivity contribution >= 4 is 16.4 Å². The first-order valence-corrected chi connectivity index (χ1v) is 20.4. The van der Waals surface area contributed by atoms with E-state index in [2.05, 4.69) is 78.8 Å². The number of carbonyl (C=O) groups is 1. The molecule has 1 saturated heterocycles. The summed E-state index contributed by atoms with van der Waals surface area (Å²) in [7, 11) is -5.06. The van der Waals surface area contributed by atoms with E-state index in [9.17, 15) is 28.5 Å². The second kappa shape index (κ2) is 31.2. The van der Waals surface area contributed by atoms with E-state index in [1.54, 1.807) is 0 Å². The molecule has 0 amide bonds. The lowest BCUT2D eigenvalue weighted by Crippen LogP contribution is -2.60. The topological polar surface area (TPSA) is 178 Å². The fourth-order valence-electron chi connectivity index (χ4n) is 5.28. The highest BCUT2D eigenvalue weighted by molar-refractivity contribution is 7.80. The van der Waals surface area contributed by atoms with Crippen LogP contribution in [0.3, 0.4) is 0 Å². The quantitative estimate of drug-likeness (QED) is 0.0258. The van der Waals surface area contributed by atoms with Crippen LogP contribution in [0.15, 0.2) is 60.8 Å². The summed E-state index contributed by atoms with van der Waals surface area (Å²) >= 11 is 0. The summed E-state index contributed by atoms with van der Waals surface area (Å²) < 4.78 is 58.5. The summed E-state index contributed by atoms with van der Waals surface area (Å²) in [6, 6.07) is 0. The molecule has 0 spiro atoms. The van der Waals surface area contributed by atoms with Crippen molar-refractivity contribution in [2.75, 3.05) is 26.4 Å². The highest BCUT2D eigenvalue weighted by Crippen LogP contribution is 2.26. The minimum Gasteiger partial charge on any atom is -0.457 e. The predicted octanol–water partition coefficient (Wildman–Crippen LogP) is 6.62. The maximum atomic E-state index is 12.7. The van der Waals surface area contributed by atoms with Gasteiger partial charge in [0.15, 0.2) is 6.29 Å². The van der Waals surface area contributed by atoms with Crippen molar-refractivity contribution < 1.29 is 56.2 Å². The van der Waals surface area contributed by atoms with E-state index >= 15 is 0 Å². The number of allylic oxidation sites excluding steroid dienone is 10. The zero-order chi connectivity index (χ0) is 38.3. The van der Waals surface area contributed by atoms with Gasteiger partial charge in [-0.25, -0.2) is 4.18 Å². The van der Waals surface area contributed by atoms with Crippen molar-refractivity contribution in [1.82, 2.24) is 0 Å². The second-order valence-electron chi connectivity index (χ2n) is 12.8. The van der Waals surface area contributed by atoms with Gasteiger partial charge in [-0.05, 0) is 57.8 Å². The van der Waals surface area contributed by atoms with Gasteiger partial charge in [-0.2, -0.15) is 8.42 Å². The molecule has 1 heterocycles. The van der Waals surface area contributed by atoms with Gasteiger partial charge in [-0.3, -0.25) is 9.35 Å². The van der Waals surface area contributed by atoms with Gasteiger partial charge in [0.25, 0.3) is 0 Å². The van der Waals surface area contributed by atoms with Gasteiger partial charge >= 0.3 is 16.4 Å². The Morgan fingerprint density at radius 1 is 0.750 bits per heavy atom. The summed E-state index contributed by atoms with van der Waals surface area (Å²) in [5.74, 6) is -0.437. The summed E-state index contributed by atoms with van der Waals surface area (Å²) in [6.45, 7) is 3.73. The summed E-state index contributed by atoms with van der Waals surface area (Å²) in [5.41, 5.74) is 0. The molecule has 4 N–H and O–H groups in total. The molecule has 0 aromatic heterocycles. The van der Waals surface area contributed by atoms with Crippen molar-refractivity contribution in [3.8, 4) is 0 Å². The molecule has 6 atom stereocenters. The van der Waals surface area contributed by atoms with Crippen LogP contribution in [0.1, 0.15) is 117 Å². The Kier molecular flexibility index (Phi) is 28.7. The first kappa shape index (κ1) is 47.8. The molecule has 0 aliphatic carbocycles. The number of unbranched alkanes of at least 4 members (excludes halogenated alkanes) is 8. The van der Waals surface area contributed by atoms with E-state index in [0.29, 0.717) is 13.0 Å². The van der Waals surface area contributed by atoms with Gasteiger partial charge in [0.2, 0.25) is 0 Å². The zero-order valence-corrected chi connectivity index (χ0v) is 32.2. The standard InChI is InChI=1S/C39H66O12S/c1-3-5-7-9-11-12-13-14-15-16-17-18-19-20-21-22-23-24-26-28-35(41)49-33(31-47-29-27-25-10-8-6-4-2)32-48-39-37(43)38(51-52(44,45)46)36(42)34(30-40)50-39/h5,7,11-12,14-15,17-18,20-21,33-34,36-40,42-43H,3-4,6,8-10,13,16,19,22-32H2,1-2H3,(H,44,45,46)/b7-5-,12-11-,15-14-,18-17-,21-20-. The lowest BCUT2D eigenvalue weighted by atomic mass is 9.99. The third-order valence-electron chi connectivity index (χ3n) is 8.15. The predicted molar refractivity (Wildman–Crippen MR) is 202 cm³/mol. The van der Waals surface area contributed by atoms with Crippen LogP contribution in [-0.2, 0) is 38.3 Å². The Hall–Kier alpha value is -2.20. The number of hydrogen-bond donors (Lipinski definition) is 4. The number of carbonyl (C=O) groups excluding carboxylic acids is 1. The largest absolute Gasteiger partial charge is 0.457 e. The Bertz CT molecular complexity index is 1150. The maximum Gasteiger partial charge on any atom is 0.397 e. The Morgan fingerprint density at radius 3 is 1.92 bits per heavy atom. The van der Waals surface area contributed by atoms with Crippen LogP contribution >= 0.6 is 0 Å². The molecule has 0 aromatic carbocycles. The third kappa shape index (κ3) is 24.9. The molecular weight excluding hydrogens is 692 g/mol. The first-order chi connectivity index (χ1) is 25.1. The molecule has 13 heteroatoms. The second-order valence-corrected chi connectivity index (χ2v) is 13.8. The van der Waals surface area contributed by atoms with E-state index < -0.39 is 59.8 Å². The van der Waals surface area contributed by atoms with E-state index in [0.717, 1.165) is 77.0 Å². The number of rotatable bonds is 31. The number of esters is 1. The first-order valence-electron chi connectivity index (χ1n) is 19.0. The van der Waals surface area contributed by atoms with Crippen LogP contribution < -0.4 is 0 Å². The number of aliphatic hydroxyl groups is 3. The highest BCUT2D eigenvalue weighted by Gasteiger charge is 2.48. The molecule has 12 nitrogen and oxygen atoms in total. The lowest BCUT2D eigenvalue weighted by molar-refractivity contribution is -0.301. The van der Waals surface area contributed by atoms with E-state index in [-0.39, 0.29) is 19.6 Å². The number of hydrogen-bond acceptors (Lipinski definition) is 11. The van der Waals surface area contributed by atoms with Crippen molar-refractivity contribution in [3.05, 3.63) is 60.8 Å². The van der Waals surface area contributed by atoms with Crippen LogP contribution in [0.4, 0.5) is 0 Å². The molecular formula is C39H66O12S. The molecule has 52 heavy (non-hydrogen) atoms. The molecule has 0 aromatic rings. The van der Waals surface area contributed by atoms with Gasteiger partial charge in [0.05, 0.1) is 19.8 Å². The van der Waals surface area contributed by atoms with Gasteiger partial charge in [-0.1, -0.05) is 113 Å². The molecule has 1 aliphatic rings. The summed E-state index contributed by atoms with van der Waals surface area (Å²) in [4.78, 5) is 12.7. The zero-order valence-electron chi connectivity index (χ0n) is 31.3. The third-order valence-corrected chi connectivity index (χ3v) is 8.62. The minimum absolute atomic E-state index is 0.0184. The van der Waals surface area contributed by atoms with Crippen molar-refractivity contribution in [2.24, 2.45) is 0 Å². The van der Waals surface area contributed by atoms with Gasteiger partial charge in [-0.15, -0.1) is 0 Å². The summed E-state index contributed by atoms with van der Waals surface area (Å²) in [5, 5.41) is 30.4. The molecule has 300 valence electrons. The molecule has 1 fully saturated rings. The molecule has 0 bridgehead atoms. The van der Waals surface area contributed by atoms with E-state index in [1.165, 1.54) is 12.8 Å². The van der Waals surface area contributed by atoms with Crippen molar-refractivity contribution in [2.45, 2.75) is 153 Å². The Morgan fingerprint density at radius 2 is 1.33 bits per heavy atom. The van der Waals surface area contributed by atoms with Crippen LogP contribution in [0.25, 0.3) is 0 Å². The van der Waals surface area contributed by atoms with E-state index in [1.807, 2.05) is 0 Å². The average molecular weight is 759 g/mol. The fraction of sp³-hybridized carbons (Fsp3) is 0.718. The monoisotopic (exact) mass is 758 g/mol. The maximum absolute atomic E-state index is 12.7. The van der Waals surface area contributed by atoms with Crippen molar-refractivity contribution in [1.29, 1.82) is 0 Å². The van der Waals surface area contributed by atoms with Crippen LogP contribution in [0.2, 0.25) is 0 Å². The Labute approximate surface area is 312 Å². The molecule has 0 saturated carbocycles. The Balaban J connectivity index is 2.47. The number of aliphatic hydroxyl groups excluding tert-OH is 3. The molecule has 6 unspecified atom stereocenters. The van der Waals surface area contributed by atoms with Crippen LogP contribution in [0, 0.1) is 0 Å². The molecule has 0 radical (unpaired) electrons. The van der Waals surface area contributed by atoms with E-state index in [4.69, 9.17) is 23.5 Å². The minimum atomic E-state index is -5.06. The van der Waals surface area contributed by atoms with Crippen LogP contribution in [-0.4, -0.2) is 97.5 Å². The lowest BCUT2D eigenvalue weighted by Gasteiger charge is -2.41. The van der Waals surface area contributed by atoms with Crippen molar-refractivity contribution in [3.63, 3.8) is 0 Å². The summed E-state index contributed by atoms with van der Waals surface area (Å²) in [6.07, 6.45) is 27.2. The average Bonchev–Trinajstić information content (AvgIpc) is 3.11. The van der Waals surface area contributed by atoms with Gasteiger partial charge in [0.1, 0.15) is 30.5 Å². The fourth-order valence-corrected chi connectivity index (χ4v) is 5.79. The highest BCUT2D eigenvalue weighted by atomic mass is 32.3. The smallest absolute Gasteiger partial charge is 0.397 e.